The molecular weight excluding hydrogens is 532 g/mol. The van der Waals surface area contributed by atoms with Crippen molar-refractivity contribution in [3.05, 3.63) is 87.4 Å². The largest absolute Gasteiger partial charge is 0.494 e. The number of hydrogen-bond donors (Lipinski definition) is 1. The highest BCUT2D eigenvalue weighted by Gasteiger charge is 2.14. The Balaban J connectivity index is 1.73. The van der Waals surface area contributed by atoms with Crippen LogP contribution in [0.4, 0.5) is 0 Å². The lowest BCUT2D eigenvalue weighted by Crippen LogP contribution is -2.18. The summed E-state index contributed by atoms with van der Waals surface area (Å²) in [6.07, 6.45) is 2.13. The van der Waals surface area contributed by atoms with Crippen LogP contribution in [0.25, 0.3) is 0 Å². The minimum atomic E-state index is -3.88. The fourth-order valence-corrected chi connectivity index (χ4v) is 3.91. The lowest BCUT2D eigenvalue weighted by molar-refractivity contribution is 0.0734. The summed E-state index contributed by atoms with van der Waals surface area (Å²) in [5.41, 5.74) is 0.729. The highest BCUT2D eigenvalue weighted by atomic mass is 79.9. The Hall–Kier alpha value is -2.88. The molecule has 3 aromatic rings. The molecule has 0 aromatic heterocycles. The summed E-state index contributed by atoms with van der Waals surface area (Å²) in [6.45, 7) is 2.60. The Morgan fingerprint density at radius 3 is 2.45 bits per heavy atom. The molecule has 0 heterocycles. The van der Waals surface area contributed by atoms with Gasteiger partial charge in [0.05, 0.1) is 23.3 Å². The van der Waals surface area contributed by atoms with Crippen molar-refractivity contribution < 1.29 is 22.7 Å². The molecule has 33 heavy (non-hydrogen) atoms. The van der Waals surface area contributed by atoms with E-state index in [1.807, 2.05) is 6.92 Å². The number of hydrogen-bond acceptors (Lipinski definition) is 6. The molecule has 172 valence electrons. The molecule has 3 rings (SSSR count). The van der Waals surface area contributed by atoms with E-state index in [1.54, 1.807) is 42.5 Å². The molecule has 7 nitrogen and oxygen atoms in total. The third-order valence-corrected chi connectivity index (χ3v) is 6.22. The van der Waals surface area contributed by atoms with E-state index < -0.39 is 16.0 Å². The molecule has 0 aliphatic carbocycles. The standard InChI is InChI=1S/C23H20BrClN2O5S/c1-2-13-31-20-8-3-16(4-9-20)23(28)32-22-12-5-18(24)14-17(22)15-26-27-33(29,30)21-10-6-19(25)7-11-21/h3-12,14-15,27H,2,13H2,1H3. The molecule has 0 bridgehead atoms. The van der Waals surface area contributed by atoms with Crippen LogP contribution in [-0.2, 0) is 10.0 Å². The Bertz CT molecular complexity index is 1250. The Morgan fingerprint density at radius 1 is 1.09 bits per heavy atom. The second-order valence-electron chi connectivity index (χ2n) is 6.75. The first-order chi connectivity index (χ1) is 15.8. The van der Waals surface area contributed by atoms with E-state index in [9.17, 15) is 13.2 Å². The predicted molar refractivity (Wildman–Crippen MR) is 131 cm³/mol. The van der Waals surface area contributed by atoms with Gasteiger partial charge in [-0.15, -0.1) is 0 Å². The van der Waals surface area contributed by atoms with Gasteiger partial charge in [-0.05, 0) is 73.2 Å². The van der Waals surface area contributed by atoms with Crippen molar-refractivity contribution in [1.82, 2.24) is 4.83 Å². The predicted octanol–water partition coefficient (Wildman–Crippen LogP) is 5.42. The van der Waals surface area contributed by atoms with Gasteiger partial charge in [0, 0.05) is 15.1 Å². The van der Waals surface area contributed by atoms with Gasteiger partial charge in [0.1, 0.15) is 11.5 Å². The summed E-state index contributed by atoms with van der Waals surface area (Å²) >= 11 is 9.14. The van der Waals surface area contributed by atoms with Crippen LogP contribution in [-0.4, -0.2) is 27.2 Å². The summed E-state index contributed by atoms with van der Waals surface area (Å²) in [5, 5.41) is 4.23. The highest BCUT2D eigenvalue weighted by molar-refractivity contribution is 9.10. The maximum atomic E-state index is 12.6. The van der Waals surface area contributed by atoms with Crippen molar-refractivity contribution >= 4 is 49.7 Å². The molecule has 0 radical (unpaired) electrons. The minimum absolute atomic E-state index is 0.0105. The van der Waals surface area contributed by atoms with Crippen LogP contribution in [0.5, 0.6) is 11.5 Å². The highest BCUT2D eigenvalue weighted by Crippen LogP contribution is 2.23. The monoisotopic (exact) mass is 550 g/mol. The zero-order chi connectivity index (χ0) is 23.8. The first-order valence-electron chi connectivity index (χ1n) is 9.83. The molecule has 0 saturated heterocycles. The zero-order valence-corrected chi connectivity index (χ0v) is 20.7. The number of nitrogens with zero attached hydrogens (tertiary/aromatic N) is 1. The van der Waals surface area contributed by atoms with E-state index in [-0.39, 0.29) is 10.6 Å². The van der Waals surface area contributed by atoms with Gasteiger partial charge >= 0.3 is 5.97 Å². The second kappa shape index (κ2) is 11.3. The van der Waals surface area contributed by atoms with Gasteiger partial charge in [-0.1, -0.05) is 34.5 Å². The Morgan fingerprint density at radius 2 is 1.79 bits per heavy atom. The average Bonchev–Trinajstić information content (AvgIpc) is 2.80. The van der Waals surface area contributed by atoms with E-state index in [4.69, 9.17) is 21.1 Å². The van der Waals surface area contributed by atoms with Crippen LogP contribution in [0.1, 0.15) is 29.3 Å². The molecule has 0 spiro atoms. The third kappa shape index (κ3) is 7.05. The number of nitrogens with one attached hydrogen (secondary N) is 1. The molecule has 0 fully saturated rings. The number of benzene rings is 3. The summed E-state index contributed by atoms with van der Waals surface area (Å²) in [4.78, 5) is 14.7. The summed E-state index contributed by atoms with van der Waals surface area (Å²) in [7, 11) is -3.88. The van der Waals surface area contributed by atoms with Gasteiger partial charge in [0.2, 0.25) is 0 Å². The van der Waals surface area contributed by atoms with Crippen molar-refractivity contribution in [3.63, 3.8) is 0 Å². The third-order valence-electron chi connectivity index (χ3n) is 4.24. The smallest absolute Gasteiger partial charge is 0.343 e. The van der Waals surface area contributed by atoms with Gasteiger partial charge in [0.25, 0.3) is 10.0 Å². The number of sulfonamides is 1. The second-order valence-corrected chi connectivity index (χ2v) is 9.76. The average molecular weight is 552 g/mol. The maximum absolute atomic E-state index is 12.6. The van der Waals surface area contributed by atoms with Gasteiger partial charge < -0.3 is 9.47 Å². The van der Waals surface area contributed by atoms with Crippen LogP contribution in [0.15, 0.2) is 81.2 Å². The molecule has 0 unspecified atom stereocenters. The minimum Gasteiger partial charge on any atom is -0.494 e. The number of carbonyl (C=O) groups excluding carboxylic acids is 1. The fourth-order valence-electron chi connectivity index (χ4n) is 2.61. The Kier molecular flexibility index (Phi) is 8.49. The molecule has 1 N–H and O–H groups in total. The van der Waals surface area contributed by atoms with Crippen LogP contribution < -0.4 is 14.3 Å². The summed E-state index contributed by atoms with van der Waals surface area (Å²) < 4.78 is 36.5. The topological polar surface area (TPSA) is 94.1 Å². The number of rotatable bonds is 9. The molecule has 0 atom stereocenters. The summed E-state index contributed by atoms with van der Waals surface area (Å²) in [6, 6.07) is 17.2. The van der Waals surface area contributed by atoms with Gasteiger partial charge in [-0.25, -0.2) is 9.63 Å². The molecule has 3 aromatic carbocycles. The van der Waals surface area contributed by atoms with Crippen molar-refractivity contribution in [1.29, 1.82) is 0 Å². The number of hydrazone groups is 1. The number of esters is 1. The quantitative estimate of drug-likeness (QED) is 0.166. The van der Waals surface area contributed by atoms with E-state index in [0.717, 1.165) is 6.42 Å². The van der Waals surface area contributed by atoms with Gasteiger partial charge in [-0.2, -0.15) is 13.5 Å². The molecule has 0 aliphatic rings. The van der Waals surface area contributed by atoms with Crippen molar-refractivity contribution in [2.24, 2.45) is 5.10 Å². The first-order valence-corrected chi connectivity index (χ1v) is 12.5. The maximum Gasteiger partial charge on any atom is 0.343 e. The molecule has 0 aliphatic heterocycles. The zero-order valence-electron chi connectivity index (χ0n) is 17.5. The van der Waals surface area contributed by atoms with E-state index >= 15 is 0 Å². The van der Waals surface area contributed by atoms with Crippen molar-refractivity contribution in [2.75, 3.05) is 6.61 Å². The van der Waals surface area contributed by atoms with E-state index in [0.29, 0.717) is 33.0 Å². The fraction of sp³-hybridized carbons (Fsp3) is 0.130. The number of halogens is 2. The van der Waals surface area contributed by atoms with Crippen LogP contribution in [0.3, 0.4) is 0 Å². The lowest BCUT2D eigenvalue weighted by Gasteiger charge is -2.09. The van der Waals surface area contributed by atoms with Crippen molar-refractivity contribution in [2.45, 2.75) is 18.2 Å². The molecular formula is C23H20BrClN2O5S. The Labute approximate surface area is 205 Å². The first kappa shape index (κ1) is 24.8. The molecule has 0 saturated carbocycles. The van der Waals surface area contributed by atoms with Crippen LogP contribution in [0.2, 0.25) is 5.02 Å². The molecule has 0 amide bonds. The summed E-state index contributed by atoms with van der Waals surface area (Å²) in [5.74, 6) is 0.303. The van der Waals surface area contributed by atoms with Crippen LogP contribution >= 0.6 is 27.5 Å². The molecule has 10 heteroatoms. The van der Waals surface area contributed by atoms with Gasteiger partial charge in [-0.3, -0.25) is 0 Å². The SMILES string of the molecule is CCCOc1ccc(C(=O)Oc2ccc(Br)cc2C=NNS(=O)(=O)c2ccc(Cl)cc2)cc1. The van der Waals surface area contributed by atoms with Crippen LogP contribution in [0, 0.1) is 0 Å². The normalized spacial score (nSPS) is 11.4. The lowest BCUT2D eigenvalue weighted by atomic mass is 10.2. The van der Waals surface area contributed by atoms with Gasteiger partial charge in [0.15, 0.2) is 0 Å². The number of ether oxygens (including phenoxy) is 2. The van der Waals surface area contributed by atoms with Crippen molar-refractivity contribution in [3.8, 4) is 11.5 Å². The number of carbonyl (C=O) groups is 1. The van der Waals surface area contributed by atoms with E-state index in [2.05, 4.69) is 25.9 Å². The van der Waals surface area contributed by atoms with E-state index in [1.165, 1.54) is 30.5 Å².